The van der Waals surface area contributed by atoms with Gasteiger partial charge in [0.1, 0.15) is 5.82 Å². The number of rotatable bonds is 5. The number of aliphatic hydroxyl groups is 1. The highest BCUT2D eigenvalue weighted by atomic mass is 35.5. The van der Waals surface area contributed by atoms with Crippen LogP contribution in [0.4, 0.5) is 10.1 Å². The molecule has 4 nitrogen and oxygen atoms in total. The second kappa shape index (κ2) is 9.69. The number of carbonyl (C=O) groups excluding carboxylic acids is 1. The van der Waals surface area contributed by atoms with Gasteiger partial charge in [0, 0.05) is 15.6 Å². The first-order valence-corrected chi connectivity index (χ1v) is 11.4. The molecule has 2 aliphatic carbocycles. The second-order valence-corrected chi connectivity index (χ2v) is 9.63. The zero-order valence-electron chi connectivity index (χ0n) is 17.6. The van der Waals surface area contributed by atoms with Crippen LogP contribution in [0.1, 0.15) is 54.5 Å². The number of hydrogen-bond acceptors (Lipinski definition) is 4. The molecular formula is C23H28ClFN2O2S. The van der Waals surface area contributed by atoms with E-state index < -0.39 is 5.60 Å². The first kappa shape index (κ1) is 23.1. The minimum absolute atomic E-state index is 0.0106. The van der Waals surface area contributed by atoms with Crippen molar-refractivity contribution in [2.45, 2.75) is 62.9 Å². The van der Waals surface area contributed by atoms with Crippen molar-refractivity contribution in [1.29, 1.82) is 0 Å². The van der Waals surface area contributed by atoms with Crippen molar-refractivity contribution in [1.82, 2.24) is 4.72 Å². The molecule has 0 atom stereocenters. The Morgan fingerprint density at radius 1 is 1.07 bits per heavy atom. The van der Waals surface area contributed by atoms with Gasteiger partial charge >= 0.3 is 0 Å². The lowest BCUT2D eigenvalue weighted by atomic mass is 9.98. The van der Waals surface area contributed by atoms with Crippen LogP contribution in [-0.2, 0) is 36.1 Å². The highest BCUT2D eigenvalue weighted by Crippen LogP contribution is 2.40. The molecule has 2 aromatic carbocycles. The third-order valence-electron chi connectivity index (χ3n) is 5.57. The molecule has 3 N–H and O–H groups in total. The summed E-state index contributed by atoms with van der Waals surface area (Å²) in [6, 6.07) is 5.56. The minimum atomic E-state index is -0.853. The summed E-state index contributed by atoms with van der Waals surface area (Å²) >= 11 is 7.41. The van der Waals surface area contributed by atoms with Crippen LogP contribution >= 0.6 is 23.5 Å². The van der Waals surface area contributed by atoms with E-state index >= 15 is 0 Å². The molecule has 0 aliphatic heterocycles. The van der Waals surface area contributed by atoms with Crippen LogP contribution in [-0.4, -0.2) is 18.6 Å². The molecule has 0 saturated carbocycles. The standard InChI is InChI=1S/C13H14FNO.C10H14ClNOS/c14-12-8-3-1-5-10(8)13(15-7-16)11-6-2-4-9(11)12;1-10(2,13)7-4-8(11)6-9(5-7)14-12-3/h7H,1-6H2,(H,15,16);4-6,12-13H,1-3H3. The molecule has 0 heterocycles. The maximum absolute atomic E-state index is 14.2. The first-order valence-electron chi connectivity index (χ1n) is 10.2. The average molecular weight is 451 g/mol. The Morgan fingerprint density at radius 3 is 2.13 bits per heavy atom. The minimum Gasteiger partial charge on any atom is -0.386 e. The van der Waals surface area contributed by atoms with Gasteiger partial charge in [-0.1, -0.05) is 11.6 Å². The van der Waals surface area contributed by atoms with Gasteiger partial charge in [-0.25, -0.2) is 4.39 Å². The van der Waals surface area contributed by atoms with Gasteiger partial charge in [0.25, 0.3) is 0 Å². The molecule has 162 valence electrons. The normalized spacial score (nSPS) is 14.6. The summed E-state index contributed by atoms with van der Waals surface area (Å²) in [7, 11) is 1.84. The molecule has 2 aromatic rings. The lowest BCUT2D eigenvalue weighted by Crippen LogP contribution is -2.15. The molecule has 0 aromatic heterocycles. The van der Waals surface area contributed by atoms with Gasteiger partial charge in [0.05, 0.1) is 5.60 Å². The van der Waals surface area contributed by atoms with E-state index in [2.05, 4.69) is 10.0 Å². The van der Waals surface area contributed by atoms with Crippen LogP contribution in [0.25, 0.3) is 0 Å². The van der Waals surface area contributed by atoms with Crippen LogP contribution < -0.4 is 10.0 Å². The van der Waals surface area contributed by atoms with Crippen molar-refractivity contribution >= 4 is 35.6 Å². The van der Waals surface area contributed by atoms with Crippen molar-refractivity contribution < 1.29 is 14.3 Å². The molecule has 0 fully saturated rings. The maximum atomic E-state index is 14.2. The van der Waals surface area contributed by atoms with E-state index in [4.69, 9.17) is 11.6 Å². The molecular weight excluding hydrogens is 423 g/mol. The highest BCUT2D eigenvalue weighted by Gasteiger charge is 2.28. The van der Waals surface area contributed by atoms with Crippen molar-refractivity contribution in [3.8, 4) is 0 Å². The van der Waals surface area contributed by atoms with Gasteiger partial charge in [-0.05, 0) is 117 Å². The summed E-state index contributed by atoms with van der Waals surface area (Å²) in [6.07, 6.45) is 6.16. The topological polar surface area (TPSA) is 61.4 Å². The van der Waals surface area contributed by atoms with Gasteiger partial charge in [-0.2, -0.15) is 0 Å². The molecule has 4 rings (SSSR count). The molecule has 0 radical (unpaired) electrons. The van der Waals surface area contributed by atoms with E-state index in [-0.39, 0.29) is 5.82 Å². The van der Waals surface area contributed by atoms with Gasteiger partial charge in [-0.3, -0.25) is 9.52 Å². The van der Waals surface area contributed by atoms with Crippen molar-refractivity contribution in [2.24, 2.45) is 0 Å². The van der Waals surface area contributed by atoms with Gasteiger partial charge in [-0.15, -0.1) is 0 Å². The molecule has 2 aliphatic rings. The number of anilines is 1. The Morgan fingerprint density at radius 2 is 1.63 bits per heavy atom. The molecule has 0 saturated heterocycles. The number of hydrogen-bond donors (Lipinski definition) is 3. The van der Waals surface area contributed by atoms with Crippen LogP contribution in [0, 0.1) is 5.82 Å². The predicted octanol–water partition coefficient (Wildman–Crippen LogP) is 5.17. The van der Waals surface area contributed by atoms with Crippen LogP contribution in [0.2, 0.25) is 5.02 Å². The van der Waals surface area contributed by atoms with Crippen LogP contribution in [0.15, 0.2) is 23.1 Å². The summed E-state index contributed by atoms with van der Waals surface area (Å²) in [5, 5.41) is 13.2. The zero-order chi connectivity index (χ0) is 21.9. The van der Waals surface area contributed by atoms with E-state index in [0.717, 1.165) is 76.9 Å². The Hall–Kier alpha value is -1.60. The molecule has 1 amide bonds. The molecule has 7 heteroatoms. The van der Waals surface area contributed by atoms with Crippen LogP contribution in [0.3, 0.4) is 0 Å². The third kappa shape index (κ3) is 4.99. The number of fused-ring (bicyclic) bond motifs is 2. The molecule has 0 spiro atoms. The maximum Gasteiger partial charge on any atom is 0.211 e. The Kier molecular flexibility index (Phi) is 7.45. The second-order valence-electron chi connectivity index (χ2n) is 8.11. The fraction of sp³-hybridized carbons (Fsp3) is 0.435. The van der Waals surface area contributed by atoms with E-state index in [1.54, 1.807) is 19.9 Å². The smallest absolute Gasteiger partial charge is 0.211 e. The molecule has 30 heavy (non-hydrogen) atoms. The van der Waals surface area contributed by atoms with Crippen molar-refractivity contribution in [2.75, 3.05) is 12.4 Å². The quantitative estimate of drug-likeness (QED) is 0.434. The number of carbonyl (C=O) groups is 1. The van der Waals surface area contributed by atoms with E-state index in [1.807, 2.05) is 19.2 Å². The van der Waals surface area contributed by atoms with Crippen molar-refractivity contribution in [3.63, 3.8) is 0 Å². The number of halogens is 2. The summed E-state index contributed by atoms with van der Waals surface area (Å²) in [4.78, 5) is 11.7. The summed E-state index contributed by atoms with van der Waals surface area (Å²) < 4.78 is 17.1. The Bertz CT molecular complexity index is 909. The zero-order valence-corrected chi connectivity index (χ0v) is 19.1. The van der Waals surface area contributed by atoms with E-state index in [9.17, 15) is 14.3 Å². The fourth-order valence-electron chi connectivity index (χ4n) is 4.21. The number of benzene rings is 2. The highest BCUT2D eigenvalue weighted by molar-refractivity contribution is 7.97. The number of amides is 1. The SMILES string of the molecule is CNSc1cc(Cl)cc(C(C)(C)O)c1.O=CNc1c2c(c(F)c3c1CCC3)CCC2. The fourth-order valence-corrected chi connectivity index (χ4v) is 5.12. The van der Waals surface area contributed by atoms with Gasteiger partial charge in [0.15, 0.2) is 0 Å². The largest absolute Gasteiger partial charge is 0.386 e. The average Bonchev–Trinajstić information content (AvgIpc) is 3.35. The molecule has 0 bridgehead atoms. The van der Waals surface area contributed by atoms with E-state index in [0.29, 0.717) is 11.4 Å². The van der Waals surface area contributed by atoms with Crippen molar-refractivity contribution in [3.05, 3.63) is 56.9 Å². The first-order chi connectivity index (χ1) is 14.3. The Balaban J connectivity index is 0.000000173. The van der Waals surface area contributed by atoms with Crippen LogP contribution in [0.5, 0.6) is 0 Å². The summed E-state index contributed by atoms with van der Waals surface area (Å²) in [5.41, 5.74) is 4.68. The Labute approximate surface area is 186 Å². The van der Waals surface area contributed by atoms with Gasteiger partial charge in [0.2, 0.25) is 6.41 Å². The van der Waals surface area contributed by atoms with Gasteiger partial charge < -0.3 is 10.4 Å². The number of nitrogens with one attached hydrogen (secondary N) is 2. The monoisotopic (exact) mass is 450 g/mol. The lowest BCUT2D eigenvalue weighted by molar-refractivity contribution is -0.105. The molecule has 0 unspecified atom stereocenters. The summed E-state index contributed by atoms with van der Waals surface area (Å²) in [5.74, 6) is 0.0106. The summed E-state index contributed by atoms with van der Waals surface area (Å²) in [6.45, 7) is 3.49. The lowest BCUT2D eigenvalue weighted by Gasteiger charge is -2.18. The van der Waals surface area contributed by atoms with E-state index in [1.165, 1.54) is 11.9 Å². The third-order valence-corrected chi connectivity index (χ3v) is 6.46. The predicted molar refractivity (Wildman–Crippen MR) is 122 cm³/mol.